The first-order chi connectivity index (χ1) is 7.26. The van der Waals surface area contributed by atoms with Gasteiger partial charge in [-0.15, -0.1) is 0 Å². The molecule has 0 spiro atoms. The summed E-state index contributed by atoms with van der Waals surface area (Å²) >= 11 is 0. The molecule has 1 aromatic heterocycles. The molecule has 3 nitrogen and oxygen atoms in total. The molecule has 1 fully saturated rings. The van der Waals surface area contributed by atoms with E-state index in [2.05, 4.69) is 16.6 Å². The lowest BCUT2D eigenvalue weighted by Gasteiger charge is -2.26. The Kier molecular flexibility index (Phi) is 3.10. The third-order valence-electron chi connectivity index (χ3n) is 3.90. The topological polar surface area (TPSA) is 43.8 Å². The predicted octanol–water partition coefficient (Wildman–Crippen LogP) is 1.87. The molecule has 0 aliphatic heterocycles. The molecule has 15 heavy (non-hydrogen) atoms. The zero-order valence-electron chi connectivity index (χ0n) is 9.58. The van der Waals surface area contributed by atoms with Gasteiger partial charge in [0.15, 0.2) is 0 Å². The highest BCUT2D eigenvalue weighted by molar-refractivity contribution is 4.95. The van der Waals surface area contributed by atoms with Crippen molar-refractivity contribution in [2.24, 2.45) is 18.2 Å². The van der Waals surface area contributed by atoms with Gasteiger partial charge in [-0.25, -0.2) is 4.98 Å². The molecule has 1 aromatic rings. The van der Waals surface area contributed by atoms with Crippen LogP contribution in [-0.4, -0.2) is 16.1 Å². The smallest absolute Gasteiger partial charge is 0.108 e. The van der Waals surface area contributed by atoms with Crippen LogP contribution < -0.4 is 5.73 Å². The van der Waals surface area contributed by atoms with Gasteiger partial charge in [0, 0.05) is 25.9 Å². The van der Waals surface area contributed by atoms with E-state index >= 15 is 0 Å². The number of aromatic nitrogens is 2. The summed E-state index contributed by atoms with van der Waals surface area (Å²) in [4.78, 5) is 4.36. The summed E-state index contributed by atoms with van der Waals surface area (Å²) in [6, 6.07) is 0. The fraction of sp³-hybridized carbons (Fsp3) is 0.750. The lowest BCUT2D eigenvalue weighted by Crippen LogP contribution is -2.28. The van der Waals surface area contributed by atoms with Crippen molar-refractivity contribution in [3.05, 3.63) is 18.2 Å². The van der Waals surface area contributed by atoms with Gasteiger partial charge in [0.25, 0.3) is 0 Å². The first-order valence-corrected chi connectivity index (χ1v) is 5.92. The maximum Gasteiger partial charge on any atom is 0.108 e. The van der Waals surface area contributed by atoms with Crippen LogP contribution in [0.2, 0.25) is 0 Å². The molecular weight excluding hydrogens is 186 g/mol. The molecule has 0 radical (unpaired) electrons. The summed E-state index contributed by atoms with van der Waals surface area (Å²) in [5.41, 5.74) is 6.34. The number of hydrogen-bond donors (Lipinski definition) is 1. The molecule has 1 heterocycles. The van der Waals surface area contributed by atoms with Crippen LogP contribution >= 0.6 is 0 Å². The second-order valence-electron chi connectivity index (χ2n) is 4.87. The molecule has 2 rings (SSSR count). The van der Waals surface area contributed by atoms with E-state index in [-0.39, 0.29) is 0 Å². The molecule has 1 aliphatic carbocycles. The van der Waals surface area contributed by atoms with Crippen LogP contribution in [0, 0.1) is 5.41 Å². The van der Waals surface area contributed by atoms with E-state index in [1.807, 2.05) is 12.4 Å². The molecule has 1 saturated carbocycles. The Hall–Kier alpha value is -0.830. The third-order valence-corrected chi connectivity index (χ3v) is 3.90. The molecule has 0 aromatic carbocycles. The molecule has 3 heteroatoms. The molecular formula is C12H21N3. The first kappa shape index (κ1) is 10.7. The molecule has 1 aliphatic rings. The fourth-order valence-electron chi connectivity index (χ4n) is 2.70. The van der Waals surface area contributed by atoms with Crippen LogP contribution in [0.4, 0.5) is 0 Å². The highest BCUT2D eigenvalue weighted by Crippen LogP contribution is 2.40. The van der Waals surface area contributed by atoms with Crippen LogP contribution in [0.25, 0.3) is 0 Å². The second-order valence-corrected chi connectivity index (χ2v) is 4.87. The minimum Gasteiger partial charge on any atom is -0.338 e. The molecule has 0 unspecified atom stereocenters. The Morgan fingerprint density at radius 1 is 1.47 bits per heavy atom. The number of nitrogens with zero attached hydrogens (tertiary/aromatic N) is 2. The zero-order chi connectivity index (χ0) is 10.7. The predicted molar refractivity (Wildman–Crippen MR) is 61.5 cm³/mol. The van der Waals surface area contributed by atoms with E-state index in [1.54, 1.807) is 0 Å². The maximum atomic E-state index is 5.92. The second kappa shape index (κ2) is 4.35. The van der Waals surface area contributed by atoms with E-state index in [4.69, 9.17) is 5.73 Å². The molecule has 0 saturated heterocycles. The largest absolute Gasteiger partial charge is 0.338 e. The summed E-state index contributed by atoms with van der Waals surface area (Å²) in [5, 5.41) is 0. The molecule has 0 atom stereocenters. The van der Waals surface area contributed by atoms with Crippen LogP contribution in [-0.2, 0) is 13.5 Å². The number of aryl methyl sites for hydroxylation is 2. The Morgan fingerprint density at radius 2 is 2.20 bits per heavy atom. The van der Waals surface area contributed by atoms with E-state index in [0.717, 1.165) is 13.0 Å². The summed E-state index contributed by atoms with van der Waals surface area (Å²) in [6.07, 6.45) is 11.5. The van der Waals surface area contributed by atoms with Gasteiger partial charge >= 0.3 is 0 Å². The van der Waals surface area contributed by atoms with Gasteiger partial charge in [-0.05, 0) is 31.2 Å². The van der Waals surface area contributed by atoms with Crippen molar-refractivity contribution in [3.8, 4) is 0 Å². The van der Waals surface area contributed by atoms with Crippen molar-refractivity contribution in [2.45, 2.75) is 38.5 Å². The Balaban J connectivity index is 1.94. The highest BCUT2D eigenvalue weighted by Gasteiger charge is 2.32. The Bertz CT molecular complexity index is 310. The third kappa shape index (κ3) is 2.23. The summed E-state index contributed by atoms with van der Waals surface area (Å²) in [5.74, 6) is 1.19. The van der Waals surface area contributed by atoms with Crippen LogP contribution in [0.1, 0.15) is 37.9 Å². The van der Waals surface area contributed by atoms with Gasteiger partial charge in [-0.3, -0.25) is 0 Å². The molecule has 0 amide bonds. The Morgan fingerprint density at radius 3 is 2.73 bits per heavy atom. The fourth-order valence-corrected chi connectivity index (χ4v) is 2.70. The lowest BCUT2D eigenvalue weighted by molar-refractivity contribution is 0.280. The van der Waals surface area contributed by atoms with Crippen LogP contribution in [0.5, 0.6) is 0 Å². The molecule has 84 valence electrons. The van der Waals surface area contributed by atoms with Gasteiger partial charge < -0.3 is 10.3 Å². The minimum absolute atomic E-state index is 0.423. The van der Waals surface area contributed by atoms with Crippen molar-refractivity contribution in [2.75, 3.05) is 6.54 Å². The normalized spacial score (nSPS) is 19.6. The zero-order valence-corrected chi connectivity index (χ0v) is 9.58. The number of rotatable bonds is 4. The van der Waals surface area contributed by atoms with E-state index < -0.39 is 0 Å². The molecule has 2 N–H and O–H groups in total. The van der Waals surface area contributed by atoms with Gasteiger partial charge in [0.05, 0.1) is 0 Å². The van der Waals surface area contributed by atoms with Gasteiger partial charge in [0.2, 0.25) is 0 Å². The first-order valence-electron chi connectivity index (χ1n) is 5.92. The quantitative estimate of drug-likeness (QED) is 0.819. The monoisotopic (exact) mass is 207 g/mol. The van der Waals surface area contributed by atoms with Gasteiger partial charge in [-0.1, -0.05) is 12.8 Å². The van der Waals surface area contributed by atoms with Crippen molar-refractivity contribution in [3.63, 3.8) is 0 Å². The van der Waals surface area contributed by atoms with Crippen molar-refractivity contribution in [1.29, 1.82) is 0 Å². The summed E-state index contributed by atoms with van der Waals surface area (Å²) in [7, 11) is 2.06. The van der Waals surface area contributed by atoms with Crippen molar-refractivity contribution in [1.82, 2.24) is 9.55 Å². The average molecular weight is 207 g/mol. The van der Waals surface area contributed by atoms with Gasteiger partial charge in [0.1, 0.15) is 5.82 Å². The maximum absolute atomic E-state index is 5.92. The van der Waals surface area contributed by atoms with E-state index in [9.17, 15) is 0 Å². The Labute approximate surface area is 91.7 Å². The summed E-state index contributed by atoms with van der Waals surface area (Å²) < 4.78 is 2.11. The van der Waals surface area contributed by atoms with Gasteiger partial charge in [-0.2, -0.15) is 0 Å². The standard InChI is InChI=1S/C12H21N3/c1-15-9-8-14-11(15)4-7-12(10-13)5-2-3-6-12/h8-9H,2-7,10,13H2,1H3. The number of hydrogen-bond acceptors (Lipinski definition) is 2. The average Bonchev–Trinajstić information content (AvgIpc) is 2.85. The van der Waals surface area contributed by atoms with Crippen molar-refractivity contribution < 1.29 is 0 Å². The number of imidazole rings is 1. The van der Waals surface area contributed by atoms with E-state index in [0.29, 0.717) is 5.41 Å². The SMILES string of the molecule is Cn1ccnc1CCC1(CN)CCCC1. The van der Waals surface area contributed by atoms with E-state index in [1.165, 1.54) is 37.9 Å². The minimum atomic E-state index is 0.423. The lowest BCUT2D eigenvalue weighted by atomic mass is 9.81. The number of nitrogens with two attached hydrogens (primary N) is 1. The van der Waals surface area contributed by atoms with Crippen molar-refractivity contribution >= 4 is 0 Å². The highest BCUT2D eigenvalue weighted by atomic mass is 15.0. The summed E-state index contributed by atoms with van der Waals surface area (Å²) in [6.45, 7) is 0.845. The van der Waals surface area contributed by atoms with Crippen LogP contribution in [0.3, 0.4) is 0 Å². The van der Waals surface area contributed by atoms with Crippen LogP contribution in [0.15, 0.2) is 12.4 Å². The molecule has 0 bridgehead atoms.